The third-order valence-corrected chi connectivity index (χ3v) is 5.90. The fourth-order valence-corrected chi connectivity index (χ4v) is 4.84. The molecule has 2 atom stereocenters. The lowest BCUT2D eigenvalue weighted by molar-refractivity contribution is -0.121. The minimum Gasteiger partial charge on any atom is -0.334 e. The highest BCUT2D eigenvalue weighted by molar-refractivity contribution is 6.08. The number of aromatic nitrogens is 1. The van der Waals surface area contributed by atoms with Crippen LogP contribution in [0.1, 0.15) is 53.5 Å². The molecular formula is C22H25N3O2. The Balaban J connectivity index is 1.76. The van der Waals surface area contributed by atoms with Crippen molar-refractivity contribution in [3.05, 3.63) is 58.9 Å². The number of amides is 2. The number of carbonyl (C=O) groups excluding carboxylic acids is 2. The van der Waals surface area contributed by atoms with Gasteiger partial charge in [0.05, 0.1) is 11.5 Å². The Hall–Kier alpha value is -2.69. The summed E-state index contributed by atoms with van der Waals surface area (Å²) in [6.07, 6.45) is 2.38. The standard InChI is InChI=1S/C22H25N3O2/c1-4-7-19-22(17-8-5-6-9-18(17)24-21(22)27)10-11-25(19)20(26)16-12-14(2)23-15(3)13-16/h5-6,8-9,12-13,19H,4,7,10-11H2,1-3H3,(H,24,27)/t19-,22-/m0/s1. The van der Waals surface area contributed by atoms with Gasteiger partial charge in [0.2, 0.25) is 5.91 Å². The van der Waals surface area contributed by atoms with Crippen molar-refractivity contribution in [1.29, 1.82) is 0 Å². The summed E-state index contributed by atoms with van der Waals surface area (Å²) in [4.78, 5) is 32.7. The lowest BCUT2D eigenvalue weighted by atomic mass is 9.73. The maximum Gasteiger partial charge on any atom is 0.254 e. The van der Waals surface area contributed by atoms with Gasteiger partial charge in [0.15, 0.2) is 0 Å². The Kier molecular flexibility index (Phi) is 4.25. The van der Waals surface area contributed by atoms with Gasteiger partial charge in [0.1, 0.15) is 0 Å². The second-order valence-electron chi connectivity index (χ2n) is 7.66. The quantitative estimate of drug-likeness (QED) is 0.906. The summed E-state index contributed by atoms with van der Waals surface area (Å²) in [5.74, 6) is 0.0237. The van der Waals surface area contributed by atoms with Gasteiger partial charge in [0, 0.05) is 29.2 Å². The fraction of sp³-hybridized carbons (Fsp3) is 0.409. The van der Waals surface area contributed by atoms with Crippen LogP contribution in [-0.4, -0.2) is 34.3 Å². The van der Waals surface area contributed by atoms with Gasteiger partial charge in [-0.05, 0) is 50.5 Å². The van der Waals surface area contributed by atoms with E-state index in [4.69, 9.17) is 0 Å². The van der Waals surface area contributed by atoms with Crippen molar-refractivity contribution in [2.24, 2.45) is 0 Å². The highest BCUT2D eigenvalue weighted by atomic mass is 16.2. The molecule has 1 fully saturated rings. The van der Waals surface area contributed by atoms with Crippen LogP contribution >= 0.6 is 0 Å². The van der Waals surface area contributed by atoms with E-state index in [1.54, 1.807) is 0 Å². The first-order chi connectivity index (χ1) is 13.0. The molecule has 2 aliphatic rings. The number of pyridine rings is 1. The Morgan fingerprint density at radius 1 is 1.26 bits per heavy atom. The first kappa shape index (κ1) is 17.7. The number of aryl methyl sites for hydroxylation is 2. The van der Waals surface area contributed by atoms with Gasteiger partial charge in [-0.3, -0.25) is 14.6 Å². The molecule has 1 saturated heterocycles. The number of anilines is 1. The molecule has 140 valence electrons. The van der Waals surface area contributed by atoms with Crippen LogP contribution < -0.4 is 5.32 Å². The number of rotatable bonds is 3. The van der Waals surface area contributed by atoms with Crippen LogP contribution in [0.25, 0.3) is 0 Å². The number of likely N-dealkylation sites (tertiary alicyclic amines) is 1. The number of nitrogens with one attached hydrogen (secondary N) is 1. The van der Waals surface area contributed by atoms with Crippen LogP contribution in [0.3, 0.4) is 0 Å². The molecule has 1 aromatic carbocycles. The number of hydrogen-bond donors (Lipinski definition) is 1. The van der Waals surface area contributed by atoms with Gasteiger partial charge in [-0.15, -0.1) is 0 Å². The van der Waals surface area contributed by atoms with E-state index < -0.39 is 5.41 Å². The van der Waals surface area contributed by atoms with Crippen molar-refractivity contribution in [1.82, 2.24) is 9.88 Å². The van der Waals surface area contributed by atoms with Gasteiger partial charge in [-0.25, -0.2) is 0 Å². The molecule has 1 spiro atoms. The predicted molar refractivity (Wildman–Crippen MR) is 105 cm³/mol. The lowest BCUT2D eigenvalue weighted by Gasteiger charge is -2.34. The zero-order valence-corrected chi connectivity index (χ0v) is 16.1. The van der Waals surface area contributed by atoms with Crippen molar-refractivity contribution < 1.29 is 9.59 Å². The maximum absolute atomic E-state index is 13.4. The second kappa shape index (κ2) is 6.48. The normalized spacial score (nSPS) is 23.6. The Morgan fingerprint density at radius 3 is 2.67 bits per heavy atom. The van der Waals surface area contributed by atoms with Crippen LogP contribution in [0.5, 0.6) is 0 Å². The van der Waals surface area contributed by atoms with Crippen molar-refractivity contribution in [3.63, 3.8) is 0 Å². The number of fused-ring (bicyclic) bond motifs is 2. The minimum absolute atomic E-state index is 0.00361. The van der Waals surface area contributed by atoms with Gasteiger partial charge >= 0.3 is 0 Å². The molecule has 0 aliphatic carbocycles. The summed E-state index contributed by atoms with van der Waals surface area (Å²) in [6, 6.07) is 11.4. The smallest absolute Gasteiger partial charge is 0.254 e. The monoisotopic (exact) mass is 363 g/mol. The Labute approximate surface area is 159 Å². The molecule has 5 heteroatoms. The summed E-state index contributed by atoms with van der Waals surface area (Å²) in [7, 11) is 0. The molecular weight excluding hydrogens is 338 g/mol. The number of benzene rings is 1. The fourth-order valence-electron chi connectivity index (χ4n) is 4.84. The van der Waals surface area contributed by atoms with E-state index >= 15 is 0 Å². The van der Waals surface area contributed by atoms with Crippen LogP contribution in [0.4, 0.5) is 5.69 Å². The molecule has 0 radical (unpaired) electrons. The first-order valence-corrected chi connectivity index (χ1v) is 9.64. The molecule has 4 rings (SSSR count). The van der Waals surface area contributed by atoms with Crippen molar-refractivity contribution in [2.45, 2.75) is 51.5 Å². The van der Waals surface area contributed by atoms with E-state index in [-0.39, 0.29) is 17.9 Å². The molecule has 3 heterocycles. The molecule has 1 aromatic heterocycles. The van der Waals surface area contributed by atoms with Crippen molar-refractivity contribution in [2.75, 3.05) is 11.9 Å². The molecule has 0 bridgehead atoms. The number of nitrogens with zero attached hydrogens (tertiary/aromatic N) is 2. The summed E-state index contributed by atoms with van der Waals surface area (Å²) < 4.78 is 0. The van der Waals surface area contributed by atoms with Crippen LogP contribution in [0.15, 0.2) is 36.4 Å². The Morgan fingerprint density at radius 2 is 1.96 bits per heavy atom. The topological polar surface area (TPSA) is 62.3 Å². The SMILES string of the molecule is CCC[C@@H]1N(C(=O)c2cc(C)nc(C)c2)CC[C@@]12C(=O)Nc1ccccc12. The molecule has 2 aliphatic heterocycles. The number of para-hydroxylation sites is 1. The Bertz CT molecular complexity index is 903. The zero-order valence-electron chi connectivity index (χ0n) is 16.1. The molecule has 0 saturated carbocycles. The third-order valence-electron chi connectivity index (χ3n) is 5.90. The minimum atomic E-state index is -0.640. The second-order valence-corrected chi connectivity index (χ2v) is 7.66. The summed E-state index contributed by atoms with van der Waals surface area (Å²) in [5.41, 5.74) is 3.61. The van der Waals surface area contributed by atoms with Crippen molar-refractivity contribution >= 4 is 17.5 Å². The van der Waals surface area contributed by atoms with E-state index in [0.29, 0.717) is 18.5 Å². The summed E-state index contributed by atoms with van der Waals surface area (Å²) >= 11 is 0. The average Bonchev–Trinajstić information content (AvgIpc) is 3.14. The maximum atomic E-state index is 13.4. The number of hydrogen-bond acceptors (Lipinski definition) is 3. The van der Waals surface area contributed by atoms with Gasteiger partial charge in [-0.2, -0.15) is 0 Å². The molecule has 27 heavy (non-hydrogen) atoms. The average molecular weight is 363 g/mol. The van der Waals surface area contributed by atoms with Crippen LogP contribution in [-0.2, 0) is 10.2 Å². The molecule has 2 aromatic rings. The van der Waals surface area contributed by atoms with Crippen LogP contribution in [0, 0.1) is 13.8 Å². The molecule has 5 nitrogen and oxygen atoms in total. The van der Waals surface area contributed by atoms with E-state index in [2.05, 4.69) is 17.2 Å². The highest BCUT2D eigenvalue weighted by Crippen LogP contribution is 2.49. The number of carbonyl (C=O) groups is 2. The molecule has 0 unspecified atom stereocenters. The van der Waals surface area contributed by atoms with Gasteiger partial charge in [0.25, 0.3) is 5.91 Å². The molecule has 1 N–H and O–H groups in total. The van der Waals surface area contributed by atoms with E-state index in [0.717, 1.165) is 35.5 Å². The third kappa shape index (κ3) is 2.64. The van der Waals surface area contributed by atoms with Gasteiger partial charge in [-0.1, -0.05) is 31.5 Å². The van der Waals surface area contributed by atoms with Crippen molar-refractivity contribution in [3.8, 4) is 0 Å². The largest absolute Gasteiger partial charge is 0.334 e. The zero-order chi connectivity index (χ0) is 19.2. The highest BCUT2D eigenvalue weighted by Gasteiger charge is 2.58. The van der Waals surface area contributed by atoms with E-state index in [1.807, 2.05) is 55.1 Å². The molecule has 2 amide bonds. The van der Waals surface area contributed by atoms with E-state index in [1.165, 1.54) is 0 Å². The van der Waals surface area contributed by atoms with Crippen LogP contribution in [0.2, 0.25) is 0 Å². The van der Waals surface area contributed by atoms with Gasteiger partial charge < -0.3 is 10.2 Å². The summed E-state index contributed by atoms with van der Waals surface area (Å²) in [5, 5.41) is 3.05. The first-order valence-electron chi connectivity index (χ1n) is 9.64. The lowest BCUT2D eigenvalue weighted by Crippen LogP contribution is -2.48. The summed E-state index contributed by atoms with van der Waals surface area (Å²) in [6.45, 7) is 6.50. The predicted octanol–water partition coefficient (Wildman–Crippen LogP) is 3.60. The van der Waals surface area contributed by atoms with E-state index in [9.17, 15) is 9.59 Å².